The average molecular weight is 166 g/mol. The zero-order valence-electron chi connectivity index (χ0n) is 7.68. The Morgan fingerprint density at radius 2 is 1.83 bits per heavy atom. The zero-order valence-corrected chi connectivity index (χ0v) is 7.68. The third kappa shape index (κ3) is 1.47. The summed E-state index contributed by atoms with van der Waals surface area (Å²) in [5, 5.41) is 0. The third-order valence-electron chi connectivity index (χ3n) is 3.43. The van der Waals surface area contributed by atoms with Crippen LogP contribution in [0.2, 0.25) is 0 Å². The van der Waals surface area contributed by atoms with Crippen molar-refractivity contribution in [3.05, 3.63) is 0 Å². The average Bonchev–Trinajstić information content (AvgIpc) is 2.05. The lowest BCUT2D eigenvalue weighted by Crippen LogP contribution is -2.34. The standard InChI is InChI=1S/C10H18N2/c11-9-8-10(6-7-12-9)4-2-1-3-5-10/h1-8H2,(H2,11,12). The van der Waals surface area contributed by atoms with E-state index in [1.807, 2.05) is 0 Å². The van der Waals surface area contributed by atoms with Gasteiger partial charge in [0.2, 0.25) is 0 Å². The molecule has 12 heavy (non-hydrogen) atoms. The van der Waals surface area contributed by atoms with Gasteiger partial charge in [-0.1, -0.05) is 19.3 Å². The Hall–Kier alpha value is -0.530. The van der Waals surface area contributed by atoms with Crippen LogP contribution in [-0.2, 0) is 0 Å². The Bertz CT molecular complexity index is 190. The highest BCUT2D eigenvalue weighted by Crippen LogP contribution is 2.43. The van der Waals surface area contributed by atoms with Gasteiger partial charge in [-0.05, 0) is 24.7 Å². The molecule has 2 N–H and O–H groups in total. The first-order valence-corrected chi connectivity index (χ1v) is 5.10. The highest BCUT2D eigenvalue weighted by Gasteiger charge is 2.34. The summed E-state index contributed by atoms with van der Waals surface area (Å²) in [6, 6.07) is 0. The maximum Gasteiger partial charge on any atom is 0.0942 e. The second kappa shape index (κ2) is 3.08. The van der Waals surface area contributed by atoms with Gasteiger partial charge in [-0.2, -0.15) is 0 Å². The van der Waals surface area contributed by atoms with Gasteiger partial charge in [0.25, 0.3) is 0 Å². The molecule has 1 saturated carbocycles. The molecule has 0 saturated heterocycles. The van der Waals surface area contributed by atoms with Crippen molar-refractivity contribution in [1.29, 1.82) is 0 Å². The first-order valence-electron chi connectivity index (χ1n) is 5.10. The van der Waals surface area contributed by atoms with E-state index in [0.29, 0.717) is 5.41 Å². The summed E-state index contributed by atoms with van der Waals surface area (Å²) >= 11 is 0. The predicted octanol–water partition coefficient (Wildman–Crippen LogP) is 2.09. The summed E-state index contributed by atoms with van der Waals surface area (Å²) in [6.07, 6.45) is 9.40. The molecule has 0 radical (unpaired) electrons. The highest BCUT2D eigenvalue weighted by atomic mass is 14.9. The van der Waals surface area contributed by atoms with E-state index in [9.17, 15) is 0 Å². The summed E-state index contributed by atoms with van der Waals surface area (Å²) in [7, 11) is 0. The SMILES string of the molecule is NC1=NCCC2(CCCCC2)C1. The van der Waals surface area contributed by atoms with Gasteiger partial charge in [-0.3, -0.25) is 4.99 Å². The fourth-order valence-electron chi connectivity index (χ4n) is 2.69. The molecule has 1 fully saturated rings. The summed E-state index contributed by atoms with van der Waals surface area (Å²) in [4.78, 5) is 4.27. The van der Waals surface area contributed by atoms with E-state index >= 15 is 0 Å². The fourth-order valence-corrected chi connectivity index (χ4v) is 2.69. The molecule has 2 nitrogen and oxygen atoms in total. The van der Waals surface area contributed by atoms with Crippen LogP contribution in [0.25, 0.3) is 0 Å². The lowest BCUT2D eigenvalue weighted by atomic mass is 9.68. The van der Waals surface area contributed by atoms with Crippen LogP contribution in [0.15, 0.2) is 4.99 Å². The number of hydrogen-bond donors (Lipinski definition) is 1. The summed E-state index contributed by atoms with van der Waals surface area (Å²) in [6.45, 7) is 0.978. The number of nitrogens with two attached hydrogens (primary N) is 1. The van der Waals surface area contributed by atoms with Crippen LogP contribution in [0.4, 0.5) is 0 Å². The van der Waals surface area contributed by atoms with Crippen molar-refractivity contribution < 1.29 is 0 Å². The van der Waals surface area contributed by atoms with Gasteiger partial charge in [0.05, 0.1) is 5.84 Å². The Balaban J connectivity index is 2.05. The maximum absolute atomic E-state index is 5.79. The molecule has 1 aliphatic carbocycles. The molecule has 1 aliphatic heterocycles. The fraction of sp³-hybridized carbons (Fsp3) is 0.900. The van der Waals surface area contributed by atoms with Crippen LogP contribution in [0.1, 0.15) is 44.9 Å². The van der Waals surface area contributed by atoms with Gasteiger partial charge >= 0.3 is 0 Å². The second-order valence-corrected chi connectivity index (χ2v) is 4.36. The molecule has 68 valence electrons. The quantitative estimate of drug-likeness (QED) is 0.588. The molecule has 0 aromatic heterocycles. The molecular weight excluding hydrogens is 148 g/mol. The molecule has 0 bridgehead atoms. The largest absolute Gasteiger partial charge is 0.387 e. The molecule has 0 atom stereocenters. The van der Waals surface area contributed by atoms with Crippen LogP contribution in [0.5, 0.6) is 0 Å². The molecule has 2 heteroatoms. The van der Waals surface area contributed by atoms with Crippen molar-refractivity contribution in [2.75, 3.05) is 6.54 Å². The molecule has 1 heterocycles. The van der Waals surface area contributed by atoms with E-state index < -0.39 is 0 Å². The van der Waals surface area contributed by atoms with Gasteiger partial charge in [0, 0.05) is 13.0 Å². The van der Waals surface area contributed by atoms with E-state index in [-0.39, 0.29) is 0 Å². The van der Waals surface area contributed by atoms with Crippen LogP contribution < -0.4 is 5.73 Å². The van der Waals surface area contributed by atoms with Crippen LogP contribution in [-0.4, -0.2) is 12.4 Å². The van der Waals surface area contributed by atoms with E-state index in [4.69, 9.17) is 5.73 Å². The smallest absolute Gasteiger partial charge is 0.0942 e. The van der Waals surface area contributed by atoms with Gasteiger partial charge in [-0.25, -0.2) is 0 Å². The molecule has 2 rings (SSSR count). The molecule has 0 aromatic carbocycles. The van der Waals surface area contributed by atoms with Crippen molar-refractivity contribution in [2.45, 2.75) is 44.9 Å². The van der Waals surface area contributed by atoms with E-state index in [1.165, 1.54) is 38.5 Å². The van der Waals surface area contributed by atoms with Crippen LogP contribution >= 0.6 is 0 Å². The zero-order chi connectivity index (χ0) is 8.44. The minimum atomic E-state index is 0.573. The first kappa shape index (κ1) is 8.09. The summed E-state index contributed by atoms with van der Waals surface area (Å²) in [5.41, 5.74) is 6.36. The van der Waals surface area contributed by atoms with Crippen molar-refractivity contribution in [2.24, 2.45) is 16.1 Å². The minimum absolute atomic E-state index is 0.573. The van der Waals surface area contributed by atoms with Crippen molar-refractivity contribution >= 4 is 5.84 Å². The highest BCUT2D eigenvalue weighted by molar-refractivity contribution is 5.81. The normalized spacial score (nSPS) is 28.5. The Kier molecular flexibility index (Phi) is 2.07. The monoisotopic (exact) mass is 166 g/mol. The lowest BCUT2D eigenvalue weighted by Gasteiger charge is -2.39. The van der Waals surface area contributed by atoms with E-state index in [1.54, 1.807) is 0 Å². The molecule has 2 aliphatic rings. The molecular formula is C10H18N2. The second-order valence-electron chi connectivity index (χ2n) is 4.36. The number of hydrogen-bond acceptors (Lipinski definition) is 2. The third-order valence-corrected chi connectivity index (χ3v) is 3.43. The van der Waals surface area contributed by atoms with Gasteiger partial charge in [0.1, 0.15) is 0 Å². The van der Waals surface area contributed by atoms with E-state index in [2.05, 4.69) is 4.99 Å². The number of nitrogens with zero attached hydrogens (tertiary/aromatic N) is 1. The van der Waals surface area contributed by atoms with Gasteiger partial charge < -0.3 is 5.73 Å². The minimum Gasteiger partial charge on any atom is -0.387 e. The Labute approximate surface area is 74.2 Å². The molecule has 0 unspecified atom stereocenters. The number of amidine groups is 1. The van der Waals surface area contributed by atoms with Crippen molar-refractivity contribution in [3.63, 3.8) is 0 Å². The number of rotatable bonds is 0. The van der Waals surface area contributed by atoms with Gasteiger partial charge in [0.15, 0.2) is 0 Å². The van der Waals surface area contributed by atoms with E-state index in [0.717, 1.165) is 18.8 Å². The molecule has 0 aromatic rings. The summed E-state index contributed by atoms with van der Waals surface area (Å²) in [5.74, 6) is 0.906. The predicted molar refractivity (Wildman–Crippen MR) is 51.2 cm³/mol. The van der Waals surface area contributed by atoms with Crippen LogP contribution in [0.3, 0.4) is 0 Å². The Morgan fingerprint density at radius 3 is 2.50 bits per heavy atom. The molecule has 1 spiro atoms. The lowest BCUT2D eigenvalue weighted by molar-refractivity contribution is 0.178. The molecule has 0 amide bonds. The van der Waals surface area contributed by atoms with Crippen molar-refractivity contribution in [3.8, 4) is 0 Å². The van der Waals surface area contributed by atoms with Crippen molar-refractivity contribution in [1.82, 2.24) is 0 Å². The first-order chi connectivity index (χ1) is 5.81. The topological polar surface area (TPSA) is 38.4 Å². The van der Waals surface area contributed by atoms with Crippen LogP contribution in [0, 0.1) is 5.41 Å². The number of aliphatic imine (C=N–C) groups is 1. The Morgan fingerprint density at radius 1 is 1.08 bits per heavy atom. The summed E-state index contributed by atoms with van der Waals surface area (Å²) < 4.78 is 0. The van der Waals surface area contributed by atoms with Gasteiger partial charge in [-0.15, -0.1) is 0 Å². The maximum atomic E-state index is 5.79.